The summed E-state index contributed by atoms with van der Waals surface area (Å²) in [5.74, 6) is -1.04. The van der Waals surface area contributed by atoms with E-state index >= 15 is 0 Å². The van der Waals surface area contributed by atoms with Crippen LogP contribution in [-0.2, 0) is 28.6 Å². The van der Waals surface area contributed by atoms with Gasteiger partial charge < -0.3 is 14.2 Å². The van der Waals surface area contributed by atoms with Crippen molar-refractivity contribution in [1.29, 1.82) is 0 Å². The van der Waals surface area contributed by atoms with Gasteiger partial charge in [0.05, 0.1) is 20.3 Å². The third-order valence-corrected chi connectivity index (χ3v) is 2.93. The van der Waals surface area contributed by atoms with E-state index in [1.54, 1.807) is 13.8 Å². The number of carbonyl (C=O) groups excluding carboxylic acids is 3. The van der Waals surface area contributed by atoms with Crippen LogP contribution in [0.1, 0.15) is 39.2 Å². The van der Waals surface area contributed by atoms with Crippen LogP contribution in [0.15, 0.2) is 74.4 Å². The number of hydrogen-bond donors (Lipinski definition) is 0. The SMILES string of the molecule is C=C(C)C(=O)OC.C=CC(=O)OCC.C=CC(=O)OCCCC.C=Cc1ccccc1. The number of benzene rings is 1. The molecule has 0 aromatic heterocycles. The standard InChI is InChI=1S/C8H8.C7H12O2.2C5H8O2/c1-2-8-6-4-3-5-7-8;1-3-5-6-9-7(8)4-2;1-4(2)5(6)7-3;1-3-5(6)7-4-2/h2-7H,1H2;4H,2-3,5-6H2,1H3;1H2,2-3H3;3H,1,4H2,2H3. The smallest absolute Gasteiger partial charge is 0.332 e. The molecule has 0 fully saturated rings. The zero-order valence-electron chi connectivity index (χ0n) is 19.2. The molecule has 1 rings (SSSR count). The van der Waals surface area contributed by atoms with Crippen molar-refractivity contribution in [3.05, 3.63) is 79.9 Å². The number of methoxy groups -OCH3 is 1. The average Bonchev–Trinajstić information content (AvgIpc) is 2.80. The van der Waals surface area contributed by atoms with Gasteiger partial charge in [0, 0.05) is 17.7 Å². The van der Waals surface area contributed by atoms with E-state index in [0.29, 0.717) is 18.8 Å². The van der Waals surface area contributed by atoms with Gasteiger partial charge in [0.25, 0.3) is 0 Å². The summed E-state index contributed by atoms with van der Waals surface area (Å²) in [6.45, 7) is 19.8. The number of carbonyl (C=O) groups is 3. The molecule has 0 unspecified atom stereocenters. The van der Waals surface area contributed by atoms with E-state index in [0.717, 1.165) is 18.9 Å². The van der Waals surface area contributed by atoms with Gasteiger partial charge in [-0.1, -0.05) is 76.1 Å². The van der Waals surface area contributed by atoms with E-state index in [2.05, 4.69) is 40.5 Å². The Hall–Kier alpha value is -3.41. The zero-order valence-corrected chi connectivity index (χ0v) is 19.2. The van der Waals surface area contributed by atoms with E-state index in [1.165, 1.54) is 18.7 Å². The molecule has 0 amide bonds. The van der Waals surface area contributed by atoms with E-state index < -0.39 is 0 Å². The largest absolute Gasteiger partial charge is 0.466 e. The fraction of sp³-hybridized carbons (Fsp3) is 0.320. The first-order chi connectivity index (χ1) is 14.7. The molecule has 0 atom stereocenters. The lowest BCUT2D eigenvalue weighted by Gasteiger charge is -1.97. The summed E-state index contributed by atoms with van der Waals surface area (Å²) in [6, 6.07) is 10.0. The molecule has 0 bridgehead atoms. The first-order valence-electron chi connectivity index (χ1n) is 9.73. The molecule has 0 saturated carbocycles. The van der Waals surface area contributed by atoms with E-state index in [1.807, 2.05) is 43.3 Å². The molecular formula is C25H36O6. The van der Waals surface area contributed by atoms with Crippen LogP contribution in [0.25, 0.3) is 6.08 Å². The van der Waals surface area contributed by atoms with Crippen molar-refractivity contribution in [2.75, 3.05) is 20.3 Å². The van der Waals surface area contributed by atoms with Crippen molar-refractivity contribution in [3.8, 4) is 0 Å². The monoisotopic (exact) mass is 432 g/mol. The Bertz CT molecular complexity index is 660. The molecule has 172 valence electrons. The van der Waals surface area contributed by atoms with Gasteiger partial charge in [-0.3, -0.25) is 0 Å². The Morgan fingerprint density at radius 2 is 1.45 bits per heavy atom. The highest BCUT2D eigenvalue weighted by molar-refractivity contribution is 5.86. The van der Waals surface area contributed by atoms with Crippen molar-refractivity contribution >= 4 is 24.0 Å². The predicted octanol–water partition coefficient (Wildman–Crippen LogP) is 5.32. The molecule has 1 aromatic rings. The minimum atomic E-state index is -0.359. The first-order valence-corrected chi connectivity index (χ1v) is 9.73. The predicted molar refractivity (Wildman–Crippen MR) is 126 cm³/mol. The van der Waals surface area contributed by atoms with Gasteiger partial charge in [0.1, 0.15) is 0 Å². The third-order valence-electron chi connectivity index (χ3n) is 2.93. The Labute approximate surface area is 186 Å². The van der Waals surface area contributed by atoms with Gasteiger partial charge in [-0.25, -0.2) is 14.4 Å². The second-order valence-electron chi connectivity index (χ2n) is 5.57. The highest BCUT2D eigenvalue weighted by Gasteiger charge is 1.95. The van der Waals surface area contributed by atoms with E-state index in [9.17, 15) is 14.4 Å². The van der Waals surface area contributed by atoms with E-state index in [-0.39, 0.29) is 17.9 Å². The zero-order chi connectivity index (χ0) is 24.5. The molecule has 0 radical (unpaired) electrons. The quantitative estimate of drug-likeness (QED) is 0.239. The number of esters is 3. The van der Waals surface area contributed by atoms with Crippen LogP contribution in [-0.4, -0.2) is 38.2 Å². The summed E-state index contributed by atoms with van der Waals surface area (Å²) >= 11 is 0. The van der Waals surface area contributed by atoms with Crippen LogP contribution in [0.4, 0.5) is 0 Å². The maximum absolute atomic E-state index is 10.3. The van der Waals surface area contributed by atoms with Crippen LogP contribution in [0.5, 0.6) is 0 Å². The minimum Gasteiger partial charge on any atom is -0.466 e. The van der Waals surface area contributed by atoms with Gasteiger partial charge in [-0.15, -0.1) is 0 Å². The highest BCUT2D eigenvalue weighted by Crippen LogP contribution is 1.97. The van der Waals surface area contributed by atoms with Crippen molar-refractivity contribution in [1.82, 2.24) is 0 Å². The van der Waals surface area contributed by atoms with Gasteiger partial charge in [0.2, 0.25) is 0 Å². The molecule has 0 spiro atoms. The normalized spacial score (nSPS) is 8.13. The van der Waals surface area contributed by atoms with Gasteiger partial charge in [-0.2, -0.15) is 0 Å². The summed E-state index contributed by atoms with van der Waals surface area (Å²) in [6.07, 6.45) is 6.13. The topological polar surface area (TPSA) is 78.9 Å². The van der Waals surface area contributed by atoms with Crippen LogP contribution >= 0.6 is 0 Å². The fourth-order valence-electron chi connectivity index (χ4n) is 1.34. The Kier molecular flexibility index (Phi) is 25.6. The molecular weight excluding hydrogens is 396 g/mol. The molecule has 0 heterocycles. The first kappa shape index (κ1) is 32.3. The molecule has 0 saturated heterocycles. The molecule has 0 aliphatic heterocycles. The molecule has 0 N–H and O–H groups in total. The van der Waals surface area contributed by atoms with Gasteiger partial charge >= 0.3 is 17.9 Å². The summed E-state index contributed by atoms with van der Waals surface area (Å²) in [5, 5.41) is 0. The van der Waals surface area contributed by atoms with Crippen LogP contribution < -0.4 is 0 Å². The molecule has 6 heteroatoms. The molecule has 31 heavy (non-hydrogen) atoms. The molecule has 1 aromatic carbocycles. The van der Waals surface area contributed by atoms with Crippen LogP contribution in [0, 0.1) is 0 Å². The van der Waals surface area contributed by atoms with E-state index in [4.69, 9.17) is 0 Å². The van der Waals surface area contributed by atoms with Gasteiger partial charge in [-0.05, 0) is 25.8 Å². The number of ether oxygens (including phenoxy) is 3. The third kappa shape index (κ3) is 26.6. The lowest BCUT2D eigenvalue weighted by atomic mass is 10.2. The van der Waals surface area contributed by atoms with Crippen molar-refractivity contribution in [3.63, 3.8) is 0 Å². The lowest BCUT2D eigenvalue weighted by Crippen LogP contribution is -2.00. The molecule has 6 nitrogen and oxygen atoms in total. The van der Waals surface area contributed by atoms with Gasteiger partial charge in [0.15, 0.2) is 0 Å². The second-order valence-corrected chi connectivity index (χ2v) is 5.57. The Balaban J connectivity index is -0.000000339. The van der Waals surface area contributed by atoms with Crippen molar-refractivity contribution in [2.45, 2.75) is 33.6 Å². The molecule has 0 aliphatic rings. The minimum absolute atomic E-state index is 0.330. The highest BCUT2D eigenvalue weighted by atomic mass is 16.5. The summed E-state index contributed by atoms with van der Waals surface area (Å²) < 4.78 is 13.4. The molecule has 0 aliphatic carbocycles. The second kappa shape index (κ2) is 24.6. The number of unbranched alkanes of at least 4 members (excludes halogenated alkanes) is 1. The van der Waals surface area contributed by atoms with Crippen LogP contribution in [0.2, 0.25) is 0 Å². The average molecular weight is 433 g/mol. The summed E-state index contributed by atoms with van der Waals surface area (Å²) in [4.78, 5) is 30.6. The maximum atomic E-state index is 10.3. The van der Waals surface area contributed by atoms with Crippen molar-refractivity contribution in [2.24, 2.45) is 0 Å². The fourth-order valence-corrected chi connectivity index (χ4v) is 1.34. The van der Waals surface area contributed by atoms with Crippen LogP contribution in [0.3, 0.4) is 0 Å². The Morgan fingerprint density at radius 3 is 1.71 bits per heavy atom. The lowest BCUT2D eigenvalue weighted by molar-refractivity contribution is -0.138. The summed E-state index contributed by atoms with van der Waals surface area (Å²) in [7, 11) is 1.33. The summed E-state index contributed by atoms with van der Waals surface area (Å²) in [5.41, 5.74) is 1.61. The Morgan fingerprint density at radius 1 is 0.935 bits per heavy atom. The number of rotatable bonds is 8. The van der Waals surface area contributed by atoms with Crippen molar-refractivity contribution < 1.29 is 28.6 Å². The maximum Gasteiger partial charge on any atom is 0.332 e. The number of hydrogen-bond acceptors (Lipinski definition) is 6.